The number of aliphatic hydroxyl groups is 3. The van der Waals surface area contributed by atoms with Crippen molar-refractivity contribution >= 4 is 29.2 Å². The van der Waals surface area contributed by atoms with Crippen LogP contribution in [0.4, 0.5) is 0 Å². The molecule has 15 atom stereocenters. The number of rotatable bonds is 6. The van der Waals surface area contributed by atoms with E-state index >= 15 is 0 Å². The summed E-state index contributed by atoms with van der Waals surface area (Å²) in [5.41, 5.74) is 1.27. The number of methoxy groups -OCH3 is 3. The fraction of sp³-hybridized carbons (Fsp3) is 0.745. The molecule has 4 rings (SSSR count). The molecule has 14 heteroatoms. The van der Waals surface area contributed by atoms with Crippen LogP contribution < -0.4 is 0 Å². The number of ether oxygens (including phenoxy) is 5. The lowest BCUT2D eigenvalue weighted by Crippen LogP contribution is -2.61. The number of fused-ring (bicyclic) bond motifs is 3. The summed E-state index contributed by atoms with van der Waals surface area (Å²) in [5.74, 6) is -7.96. The second-order valence-electron chi connectivity index (χ2n) is 19.6. The van der Waals surface area contributed by atoms with Gasteiger partial charge in [-0.15, -0.1) is 0 Å². The number of piperidine rings is 1. The number of carbonyl (C=O) groups is 5. The van der Waals surface area contributed by atoms with Gasteiger partial charge in [0.05, 0.1) is 24.4 Å². The molecule has 1 amide bonds. The summed E-state index contributed by atoms with van der Waals surface area (Å²) in [7, 11) is 4.52. The van der Waals surface area contributed by atoms with Crippen molar-refractivity contribution in [1.29, 1.82) is 0 Å². The van der Waals surface area contributed by atoms with Gasteiger partial charge < -0.3 is 43.9 Å². The first-order valence-electron chi connectivity index (χ1n) is 23.9. The molecule has 0 spiro atoms. The van der Waals surface area contributed by atoms with Crippen molar-refractivity contribution in [3.05, 3.63) is 47.6 Å². The van der Waals surface area contributed by atoms with Crippen molar-refractivity contribution in [3.8, 4) is 0 Å². The van der Waals surface area contributed by atoms with Gasteiger partial charge in [0.25, 0.3) is 11.7 Å². The van der Waals surface area contributed by atoms with Crippen molar-refractivity contribution in [2.24, 2.45) is 35.5 Å². The van der Waals surface area contributed by atoms with Crippen LogP contribution in [-0.2, 0) is 47.7 Å². The van der Waals surface area contributed by atoms with Gasteiger partial charge >= 0.3 is 5.97 Å². The minimum absolute atomic E-state index is 0.0193. The van der Waals surface area contributed by atoms with Crippen molar-refractivity contribution < 1.29 is 63.0 Å². The molecule has 14 nitrogen and oxygen atoms in total. The van der Waals surface area contributed by atoms with E-state index in [9.17, 15) is 39.3 Å². The average Bonchev–Trinajstić information content (AvgIpc) is 3.28. The Hall–Kier alpha value is -3.37. The summed E-state index contributed by atoms with van der Waals surface area (Å²) in [6.07, 6.45) is 11.2. The molecule has 3 heterocycles. The molecule has 1 aliphatic carbocycles. The molecule has 65 heavy (non-hydrogen) atoms. The first kappa shape index (κ1) is 54.2. The van der Waals surface area contributed by atoms with Crippen molar-refractivity contribution in [3.63, 3.8) is 0 Å². The smallest absolute Gasteiger partial charge is 0.329 e. The van der Waals surface area contributed by atoms with Crippen LogP contribution in [0.1, 0.15) is 126 Å². The van der Waals surface area contributed by atoms with Gasteiger partial charge in [-0.2, -0.15) is 0 Å². The van der Waals surface area contributed by atoms with Crippen LogP contribution in [0.3, 0.4) is 0 Å². The van der Waals surface area contributed by atoms with E-state index in [1.165, 1.54) is 12.0 Å². The number of ketones is 3. The predicted octanol–water partition coefficient (Wildman–Crippen LogP) is 6.18. The van der Waals surface area contributed by atoms with E-state index < -0.39 is 83.9 Å². The molecular weight excluding hydrogens is 835 g/mol. The maximum Gasteiger partial charge on any atom is 0.329 e. The number of Topliss-reactive ketones (excluding diaryl/α,β-unsaturated/α-hetero) is 3. The Bertz CT molecular complexity index is 1760. The molecule has 3 fully saturated rings. The molecule has 0 radical (unpaired) electrons. The zero-order valence-electron chi connectivity index (χ0n) is 40.6. The molecule has 0 aromatic carbocycles. The quantitative estimate of drug-likeness (QED) is 0.156. The first-order chi connectivity index (χ1) is 30.7. The zero-order valence-corrected chi connectivity index (χ0v) is 40.6. The average molecular weight is 914 g/mol. The maximum atomic E-state index is 14.4. The Morgan fingerprint density at radius 1 is 0.846 bits per heavy atom. The van der Waals surface area contributed by atoms with E-state index in [1.807, 2.05) is 58.1 Å². The molecule has 3 aliphatic heterocycles. The van der Waals surface area contributed by atoms with Crippen LogP contribution in [0.25, 0.3) is 0 Å². The van der Waals surface area contributed by atoms with Gasteiger partial charge in [-0.1, -0.05) is 71.1 Å². The fourth-order valence-corrected chi connectivity index (χ4v) is 10.1. The normalized spacial score (nSPS) is 40.4. The van der Waals surface area contributed by atoms with Crippen LogP contribution >= 0.6 is 0 Å². The van der Waals surface area contributed by atoms with Gasteiger partial charge in [0.1, 0.15) is 30.1 Å². The van der Waals surface area contributed by atoms with E-state index in [0.29, 0.717) is 63.4 Å². The Balaban J connectivity index is 1.70. The number of carbonyl (C=O) groups excluding carboxylic acids is 5. The second kappa shape index (κ2) is 25.1. The number of amides is 1. The molecule has 4 aliphatic rings. The Morgan fingerprint density at radius 3 is 2.25 bits per heavy atom. The third-order valence-corrected chi connectivity index (χ3v) is 14.5. The van der Waals surface area contributed by atoms with Crippen molar-refractivity contribution in [1.82, 2.24) is 4.90 Å². The monoisotopic (exact) mass is 914 g/mol. The second-order valence-corrected chi connectivity index (χ2v) is 19.6. The third-order valence-electron chi connectivity index (χ3n) is 14.5. The van der Waals surface area contributed by atoms with E-state index in [4.69, 9.17) is 23.7 Å². The first-order valence-corrected chi connectivity index (χ1v) is 23.9. The number of hydrogen-bond acceptors (Lipinski definition) is 13. The highest BCUT2D eigenvalue weighted by Crippen LogP contribution is 2.38. The van der Waals surface area contributed by atoms with Gasteiger partial charge in [-0.25, -0.2) is 4.79 Å². The van der Waals surface area contributed by atoms with Crippen LogP contribution in [0.2, 0.25) is 0 Å². The Kier molecular flexibility index (Phi) is 21.0. The third kappa shape index (κ3) is 14.3. The molecule has 2 bridgehead atoms. The molecule has 366 valence electrons. The SMILES string of the molecule is CO[C@H]1CC2CC[C@@H](C)[C@@](O)(O2)C(=O)C(=O)N2CCCC[C@H]2C(=O)O[C@H]([C@H](C)C[C@@H]2CC[C@@H](O)[C@H](OC)C2)CC(=O)C(C)/C=C(\C)C(O)[C@@H](OC)C(=O)[C@H](C)C[C@H](C)/C=C/C=C/C=C/1C. The topological polar surface area (TPSA) is 195 Å². The summed E-state index contributed by atoms with van der Waals surface area (Å²) in [6, 6.07) is -1.14. The largest absolute Gasteiger partial charge is 0.460 e. The predicted molar refractivity (Wildman–Crippen MR) is 245 cm³/mol. The van der Waals surface area contributed by atoms with Crippen LogP contribution in [0, 0.1) is 35.5 Å². The number of allylic oxidation sites excluding steroid dienone is 6. The summed E-state index contributed by atoms with van der Waals surface area (Å²) in [6.45, 7) is 12.7. The lowest BCUT2D eigenvalue weighted by molar-refractivity contribution is -0.265. The van der Waals surface area contributed by atoms with E-state index in [2.05, 4.69) is 0 Å². The van der Waals surface area contributed by atoms with Gasteiger partial charge in [0.2, 0.25) is 5.79 Å². The van der Waals surface area contributed by atoms with Crippen molar-refractivity contribution in [2.45, 2.75) is 180 Å². The van der Waals surface area contributed by atoms with E-state index in [0.717, 1.165) is 12.0 Å². The van der Waals surface area contributed by atoms with Gasteiger partial charge in [0, 0.05) is 58.5 Å². The summed E-state index contributed by atoms with van der Waals surface area (Å²) in [5, 5.41) is 33.8. The molecule has 0 aromatic rings. The molecule has 3 N–H and O–H groups in total. The molecule has 0 aromatic heterocycles. The highest BCUT2D eigenvalue weighted by molar-refractivity contribution is 6.39. The van der Waals surface area contributed by atoms with Crippen LogP contribution in [0.5, 0.6) is 0 Å². The summed E-state index contributed by atoms with van der Waals surface area (Å²) in [4.78, 5) is 71.8. The van der Waals surface area contributed by atoms with Crippen LogP contribution in [0.15, 0.2) is 47.6 Å². The summed E-state index contributed by atoms with van der Waals surface area (Å²) >= 11 is 0. The van der Waals surface area contributed by atoms with E-state index in [-0.39, 0.29) is 54.8 Å². The van der Waals surface area contributed by atoms with Gasteiger partial charge in [-0.05, 0) is 107 Å². The van der Waals surface area contributed by atoms with Gasteiger partial charge in [0.15, 0.2) is 5.78 Å². The van der Waals surface area contributed by atoms with Crippen molar-refractivity contribution in [2.75, 3.05) is 27.9 Å². The molecule has 1 saturated carbocycles. The fourth-order valence-electron chi connectivity index (χ4n) is 10.1. The number of esters is 1. The molecule has 2 saturated heterocycles. The zero-order chi connectivity index (χ0) is 48.2. The number of aliphatic hydroxyl groups excluding tert-OH is 2. The molecule has 3 unspecified atom stereocenters. The van der Waals surface area contributed by atoms with Gasteiger partial charge in [-0.3, -0.25) is 19.2 Å². The lowest BCUT2D eigenvalue weighted by Gasteiger charge is -2.42. The minimum atomic E-state index is -2.43. The summed E-state index contributed by atoms with van der Waals surface area (Å²) < 4.78 is 29.4. The number of hydrogen-bond donors (Lipinski definition) is 3. The molecular formula is C51H79NO13. The Morgan fingerprint density at radius 2 is 1.57 bits per heavy atom. The number of cyclic esters (lactones) is 1. The number of nitrogens with zero attached hydrogens (tertiary/aromatic N) is 1. The van der Waals surface area contributed by atoms with E-state index in [1.54, 1.807) is 41.1 Å². The van der Waals surface area contributed by atoms with Crippen LogP contribution in [-0.4, -0.2) is 132 Å². The standard InChI is InChI=1S/C51H79NO13/c1-30-16-12-11-13-17-31(2)42(61-8)28-38-21-19-36(7)51(60,65-38)48(57)49(58)52-23-15-14-18-39(52)50(59)64-43(33(4)26-37-20-22-40(53)44(27-37)62-9)29-41(54)32(3)25-35(6)46(56)47(63-10)45(55)34(5)24-30/h11-13,16-17,25,30,32-34,36-40,42-44,46-47,53,56,60H,14-15,18-24,26-29H2,1-10H3/b13-11+,16-12+,31-17+,35-25+/t30-,32?,33-,34-,36-,37+,38?,39+,40-,42+,43+,44-,46?,47+,51-/m1/s1. The Labute approximate surface area is 387 Å². The highest BCUT2D eigenvalue weighted by Gasteiger charge is 2.53. The maximum absolute atomic E-state index is 14.4. The highest BCUT2D eigenvalue weighted by atomic mass is 16.6. The minimum Gasteiger partial charge on any atom is -0.460 e. The lowest BCUT2D eigenvalue weighted by atomic mass is 9.78.